The maximum atomic E-state index is 12.3. The molecular formula is C19H21ClN4O3. The van der Waals surface area contributed by atoms with Crippen molar-refractivity contribution in [3.63, 3.8) is 0 Å². The van der Waals surface area contributed by atoms with E-state index in [0.717, 1.165) is 25.7 Å². The molecule has 0 unspecified atom stereocenters. The summed E-state index contributed by atoms with van der Waals surface area (Å²) >= 11 is 6.16. The molecule has 3 rings (SSSR count). The maximum Gasteiger partial charge on any atom is 0.337 e. The van der Waals surface area contributed by atoms with Crippen molar-refractivity contribution in [2.75, 3.05) is 17.7 Å². The average Bonchev–Trinajstić information content (AvgIpc) is 2.71. The Morgan fingerprint density at radius 1 is 1.07 bits per heavy atom. The van der Waals surface area contributed by atoms with E-state index in [4.69, 9.17) is 16.3 Å². The van der Waals surface area contributed by atoms with Crippen LogP contribution in [0.3, 0.4) is 0 Å². The van der Waals surface area contributed by atoms with E-state index >= 15 is 0 Å². The lowest BCUT2D eigenvalue weighted by molar-refractivity contribution is -0.120. The summed E-state index contributed by atoms with van der Waals surface area (Å²) in [6.45, 7) is 0. The molecule has 1 saturated carbocycles. The predicted octanol–water partition coefficient (Wildman–Crippen LogP) is 4.18. The Kier molecular flexibility index (Phi) is 6.24. The van der Waals surface area contributed by atoms with Gasteiger partial charge >= 0.3 is 5.97 Å². The van der Waals surface area contributed by atoms with Crippen molar-refractivity contribution in [1.82, 2.24) is 10.2 Å². The molecule has 0 saturated heterocycles. The second-order valence-corrected chi connectivity index (χ2v) is 6.85. The number of carbonyl (C=O) groups excluding carboxylic acids is 2. The minimum absolute atomic E-state index is 0.00136. The number of aromatic nitrogens is 2. The number of anilines is 3. The molecule has 1 aromatic heterocycles. The Morgan fingerprint density at radius 2 is 1.78 bits per heavy atom. The third-order valence-corrected chi connectivity index (χ3v) is 4.87. The first-order valence-electron chi connectivity index (χ1n) is 8.86. The van der Waals surface area contributed by atoms with E-state index in [9.17, 15) is 9.59 Å². The number of esters is 1. The van der Waals surface area contributed by atoms with Crippen LogP contribution in [-0.4, -0.2) is 29.2 Å². The minimum Gasteiger partial charge on any atom is -0.465 e. The Bertz CT molecular complexity index is 820. The lowest BCUT2D eigenvalue weighted by Crippen LogP contribution is -2.25. The zero-order chi connectivity index (χ0) is 19.2. The third-order valence-electron chi connectivity index (χ3n) is 4.54. The number of hydrogen-bond acceptors (Lipinski definition) is 6. The van der Waals surface area contributed by atoms with Gasteiger partial charge in [-0.1, -0.05) is 30.9 Å². The summed E-state index contributed by atoms with van der Waals surface area (Å²) in [4.78, 5) is 23.9. The molecule has 2 N–H and O–H groups in total. The first kappa shape index (κ1) is 19.1. The Labute approximate surface area is 162 Å². The minimum atomic E-state index is -0.457. The van der Waals surface area contributed by atoms with Crippen molar-refractivity contribution in [3.05, 3.63) is 40.9 Å². The standard InChI is InChI=1S/C19H21ClN4O3/c1-27-19(26)13-7-8-14(20)15(11-13)21-16-9-10-17(24-23-16)22-18(25)12-5-3-2-4-6-12/h7-12H,2-6H2,1H3,(H,21,23)(H,22,24,25). The summed E-state index contributed by atoms with van der Waals surface area (Å²) in [5, 5.41) is 14.3. The van der Waals surface area contributed by atoms with Crippen LogP contribution in [-0.2, 0) is 9.53 Å². The predicted molar refractivity (Wildman–Crippen MR) is 103 cm³/mol. The summed E-state index contributed by atoms with van der Waals surface area (Å²) in [5.74, 6) is 0.443. The Hall–Kier alpha value is -2.67. The second kappa shape index (κ2) is 8.81. The number of rotatable bonds is 5. The second-order valence-electron chi connectivity index (χ2n) is 6.44. The van der Waals surface area contributed by atoms with Crippen LogP contribution in [0.4, 0.5) is 17.3 Å². The van der Waals surface area contributed by atoms with Gasteiger partial charge in [-0.3, -0.25) is 4.79 Å². The smallest absolute Gasteiger partial charge is 0.337 e. The summed E-state index contributed by atoms with van der Waals surface area (Å²) in [7, 11) is 1.32. The zero-order valence-electron chi connectivity index (χ0n) is 15.0. The van der Waals surface area contributed by atoms with Gasteiger partial charge in [0.25, 0.3) is 0 Å². The van der Waals surface area contributed by atoms with Gasteiger partial charge in [0.1, 0.15) is 0 Å². The molecule has 0 bridgehead atoms. The molecule has 1 amide bonds. The molecule has 142 valence electrons. The molecule has 0 spiro atoms. The van der Waals surface area contributed by atoms with E-state index in [1.807, 2.05) is 0 Å². The maximum absolute atomic E-state index is 12.3. The number of amides is 1. The van der Waals surface area contributed by atoms with Crippen molar-refractivity contribution >= 4 is 40.8 Å². The third kappa shape index (κ3) is 4.95. The molecule has 7 nitrogen and oxygen atoms in total. The number of nitrogens with zero attached hydrogens (tertiary/aromatic N) is 2. The highest BCUT2D eigenvalue weighted by Gasteiger charge is 2.21. The Morgan fingerprint density at radius 3 is 2.44 bits per heavy atom. The van der Waals surface area contributed by atoms with Crippen molar-refractivity contribution in [2.24, 2.45) is 5.92 Å². The van der Waals surface area contributed by atoms with Crippen LogP contribution in [0, 0.1) is 5.92 Å². The normalized spacial score (nSPS) is 14.4. The topological polar surface area (TPSA) is 93.2 Å². The lowest BCUT2D eigenvalue weighted by atomic mass is 9.89. The van der Waals surface area contributed by atoms with E-state index in [2.05, 4.69) is 20.8 Å². The first-order valence-corrected chi connectivity index (χ1v) is 9.24. The van der Waals surface area contributed by atoms with E-state index < -0.39 is 5.97 Å². The highest BCUT2D eigenvalue weighted by atomic mass is 35.5. The summed E-state index contributed by atoms with van der Waals surface area (Å²) in [6.07, 6.45) is 5.24. The summed E-state index contributed by atoms with van der Waals surface area (Å²) in [6, 6.07) is 8.12. The van der Waals surface area contributed by atoms with Crippen LogP contribution in [0.2, 0.25) is 5.02 Å². The molecule has 0 radical (unpaired) electrons. The molecular weight excluding hydrogens is 368 g/mol. The van der Waals surface area contributed by atoms with Crippen molar-refractivity contribution in [1.29, 1.82) is 0 Å². The molecule has 27 heavy (non-hydrogen) atoms. The number of carbonyl (C=O) groups is 2. The molecule has 1 aliphatic rings. The molecule has 1 heterocycles. The fourth-order valence-electron chi connectivity index (χ4n) is 3.06. The summed E-state index contributed by atoms with van der Waals surface area (Å²) < 4.78 is 4.71. The van der Waals surface area contributed by atoms with Crippen LogP contribution >= 0.6 is 11.6 Å². The summed E-state index contributed by atoms with van der Waals surface area (Å²) in [5.41, 5.74) is 0.876. The highest BCUT2D eigenvalue weighted by molar-refractivity contribution is 6.33. The lowest BCUT2D eigenvalue weighted by Gasteiger charge is -2.20. The highest BCUT2D eigenvalue weighted by Crippen LogP contribution is 2.27. The van der Waals surface area contributed by atoms with Gasteiger partial charge in [0.2, 0.25) is 5.91 Å². The van der Waals surface area contributed by atoms with Gasteiger partial charge < -0.3 is 15.4 Å². The Balaban J connectivity index is 1.65. The van der Waals surface area contributed by atoms with E-state index in [1.165, 1.54) is 13.5 Å². The fraction of sp³-hybridized carbons (Fsp3) is 0.368. The number of hydrogen-bond donors (Lipinski definition) is 2. The van der Waals surface area contributed by atoms with Crippen LogP contribution in [0.5, 0.6) is 0 Å². The molecule has 0 aliphatic heterocycles. The molecule has 1 fully saturated rings. The van der Waals surface area contributed by atoms with Gasteiger partial charge in [-0.2, -0.15) is 0 Å². The van der Waals surface area contributed by atoms with Gasteiger partial charge in [0, 0.05) is 5.92 Å². The van der Waals surface area contributed by atoms with Crippen LogP contribution in [0.1, 0.15) is 42.5 Å². The molecule has 2 aromatic rings. The number of ether oxygens (including phenoxy) is 1. The zero-order valence-corrected chi connectivity index (χ0v) is 15.8. The van der Waals surface area contributed by atoms with Gasteiger partial charge in [0.05, 0.1) is 23.4 Å². The van der Waals surface area contributed by atoms with Gasteiger partial charge in [-0.25, -0.2) is 4.79 Å². The molecule has 1 aromatic carbocycles. The molecule has 0 atom stereocenters. The van der Waals surface area contributed by atoms with Crippen molar-refractivity contribution in [3.8, 4) is 0 Å². The monoisotopic (exact) mass is 388 g/mol. The number of halogens is 1. The van der Waals surface area contributed by atoms with Crippen LogP contribution in [0.15, 0.2) is 30.3 Å². The molecule has 8 heteroatoms. The van der Waals surface area contributed by atoms with E-state index in [0.29, 0.717) is 27.9 Å². The number of nitrogens with one attached hydrogen (secondary N) is 2. The van der Waals surface area contributed by atoms with Gasteiger partial charge in [-0.05, 0) is 43.2 Å². The SMILES string of the molecule is COC(=O)c1ccc(Cl)c(Nc2ccc(NC(=O)C3CCCCC3)nn2)c1. The van der Waals surface area contributed by atoms with Crippen LogP contribution < -0.4 is 10.6 Å². The van der Waals surface area contributed by atoms with Gasteiger partial charge in [-0.15, -0.1) is 10.2 Å². The van der Waals surface area contributed by atoms with E-state index in [-0.39, 0.29) is 11.8 Å². The largest absolute Gasteiger partial charge is 0.465 e. The quantitative estimate of drug-likeness (QED) is 0.746. The number of methoxy groups -OCH3 is 1. The number of benzene rings is 1. The van der Waals surface area contributed by atoms with Crippen LogP contribution in [0.25, 0.3) is 0 Å². The van der Waals surface area contributed by atoms with Gasteiger partial charge in [0.15, 0.2) is 11.6 Å². The average molecular weight is 389 g/mol. The van der Waals surface area contributed by atoms with Crippen molar-refractivity contribution < 1.29 is 14.3 Å². The fourth-order valence-corrected chi connectivity index (χ4v) is 3.23. The first-order chi connectivity index (χ1) is 13.1. The van der Waals surface area contributed by atoms with Crippen molar-refractivity contribution in [2.45, 2.75) is 32.1 Å². The molecule has 1 aliphatic carbocycles. The van der Waals surface area contributed by atoms with E-state index in [1.54, 1.807) is 30.3 Å².